The summed E-state index contributed by atoms with van der Waals surface area (Å²) < 4.78 is 3.83. The number of halogens is 1. The molecule has 0 saturated carbocycles. The number of carboxylic acid groups (broad SMARTS) is 1. The zero-order chi connectivity index (χ0) is 28.7. The number of nitrogens with one attached hydrogen (secondary N) is 1. The second-order valence-electron chi connectivity index (χ2n) is 10.4. The molecule has 3 aromatic carbocycles. The molecular formula is C32H28ClN5O3. The Balaban J connectivity index is 1.41. The average Bonchev–Trinajstić information content (AvgIpc) is 3.52. The molecule has 41 heavy (non-hydrogen) atoms. The molecular weight excluding hydrogens is 538 g/mol. The molecule has 3 heterocycles. The van der Waals surface area contributed by atoms with Gasteiger partial charge in [0.2, 0.25) is 0 Å². The summed E-state index contributed by atoms with van der Waals surface area (Å²) in [6, 6.07) is 21.4. The van der Waals surface area contributed by atoms with E-state index in [1.54, 1.807) is 42.2 Å². The summed E-state index contributed by atoms with van der Waals surface area (Å²) in [5.41, 5.74) is 5.38. The summed E-state index contributed by atoms with van der Waals surface area (Å²) in [5, 5.41) is 18.3. The first-order chi connectivity index (χ1) is 19.7. The van der Waals surface area contributed by atoms with Crippen molar-refractivity contribution in [1.29, 1.82) is 0 Å². The number of aryl methyl sites for hydroxylation is 2. The Labute approximate surface area is 241 Å². The molecule has 0 aliphatic carbocycles. The Kier molecular flexibility index (Phi) is 6.71. The number of carbonyl (C=O) groups excluding carboxylic acids is 1. The second kappa shape index (κ2) is 10.4. The number of fused-ring (bicyclic) bond motifs is 3. The van der Waals surface area contributed by atoms with Gasteiger partial charge in [0.1, 0.15) is 12.2 Å². The van der Waals surface area contributed by atoms with Gasteiger partial charge in [-0.3, -0.25) is 4.79 Å². The van der Waals surface area contributed by atoms with Gasteiger partial charge < -0.3 is 15.0 Å². The minimum absolute atomic E-state index is 0.276. The lowest BCUT2D eigenvalue weighted by Crippen LogP contribution is -2.51. The van der Waals surface area contributed by atoms with Crippen molar-refractivity contribution in [2.24, 2.45) is 0 Å². The van der Waals surface area contributed by atoms with Crippen molar-refractivity contribution in [3.63, 3.8) is 0 Å². The van der Waals surface area contributed by atoms with Crippen LogP contribution in [0.5, 0.6) is 0 Å². The van der Waals surface area contributed by atoms with Crippen LogP contribution in [0.3, 0.4) is 0 Å². The molecule has 0 unspecified atom stereocenters. The number of amides is 1. The lowest BCUT2D eigenvalue weighted by molar-refractivity contribution is -0.131. The Morgan fingerprint density at radius 3 is 2.59 bits per heavy atom. The zero-order valence-electron chi connectivity index (χ0n) is 22.6. The van der Waals surface area contributed by atoms with E-state index in [2.05, 4.69) is 38.2 Å². The molecule has 2 aromatic heterocycles. The minimum atomic E-state index is -0.991. The van der Waals surface area contributed by atoms with Gasteiger partial charge in [-0.1, -0.05) is 53.6 Å². The van der Waals surface area contributed by atoms with E-state index in [0.29, 0.717) is 41.5 Å². The van der Waals surface area contributed by atoms with Gasteiger partial charge in [0.25, 0.3) is 5.91 Å². The number of carbonyl (C=O) groups is 2. The molecule has 0 radical (unpaired) electrons. The van der Waals surface area contributed by atoms with Crippen molar-refractivity contribution in [3.8, 4) is 5.69 Å². The minimum Gasteiger partial charge on any atom is -0.478 e. The van der Waals surface area contributed by atoms with Gasteiger partial charge in [-0.05, 0) is 68.7 Å². The molecule has 1 aliphatic heterocycles. The molecule has 5 aromatic rings. The van der Waals surface area contributed by atoms with Gasteiger partial charge in [-0.15, -0.1) is 0 Å². The average molecular weight is 566 g/mol. The van der Waals surface area contributed by atoms with Crippen molar-refractivity contribution in [3.05, 3.63) is 118 Å². The Morgan fingerprint density at radius 2 is 1.88 bits per heavy atom. The first-order valence-corrected chi connectivity index (χ1v) is 13.7. The summed E-state index contributed by atoms with van der Waals surface area (Å²) in [6.45, 7) is 4.31. The molecule has 8 nitrogen and oxygen atoms in total. The summed E-state index contributed by atoms with van der Waals surface area (Å²) in [4.78, 5) is 29.4. The number of benzene rings is 3. The molecule has 1 atom stereocenters. The van der Waals surface area contributed by atoms with Crippen molar-refractivity contribution in [2.75, 3.05) is 0 Å². The maximum absolute atomic E-state index is 13.9. The molecule has 9 heteroatoms. The zero-order valence-corrected chi connectivity index (χ0v) is 23.4. The fraction of sp³-hybridized carbons (Fsp3) is 0.188. The second-order valence-corrected chi connectivity index (χ2v) is 10.8. The van der Waals surface area contributed by atoms with Crippen LogP contribution in [0.25, 0.3) is 22.7 Å². The monoisotopic (exact) mass is 565 g/mol. The standard InChI is InChI=1S/C32H28ClN5O3/c1-20-8-12-28-26(16-20)24(11-13-30(39)40)29-14-15-32(18-37(28)29,22-6-4-3-5-7-22)35-31(41)25-10-9-23(17-27(25)33)38-19-34-21(2)36-38/h3-13,16-17,19H,14-15,18H2,1-2H3,(H,35,41)(H,39,40)/b13-11+/t32-/m1/s1. The summed E-state index contributed by atoms with van der Waals surface area (Å²) >= 11 is 6.64. The highest BCUT2D eigenvalue weighted by molar-refractivity contribution is 6.34. The van der Waals surface area contributed by atoms with Crippen molar-refractivity contribution >= 4 is 40.5 Å². The van der Waals surface area contributed by atoms with Crippen LogP contribution in [-0.4, -0.2) is 36.3 Å². The van der Waals surface area contributed by atoms with E-state index in [4.69, 9.17) is 11.6 Å². The molecule has 0 bridgehead atoms. The summed E-state index contributed by atoms with van der Waals surface area (Å²) in [7, 11) is 0. The Hall–Kier alpha value is -4.69. The van der Waals surface area contributed by atoms with E-state index in [0.717, 1.165) is 33.3 Å². The van der Waals surface area contributed by atoms with E-state index in [-0.39, 0.29) is 5.91 Å². The normalized spacial score (nSPS) is 16.7. The van der Waals surface area contributed by atoms with Crippen molar-refractivity contribution < 1.29 is 14.7 Å². The van der Waals surface area contributed by atoms with Gasteiger partial charge in [-0.2, -0.15) is 5.10 Å². The highest BCUT2D eigenvalue weighted by Gasteiger charge is 2.39. The molecule has 6 rings (SSSR count). The largest absolute Gasteiger partial charge is 0.478 e. The summed E-state index contributed by atoms with van der Waals surface area (Å²) in [5.74, 6) is -0.630. The summed E-state index contributed by atoms with van der Waals surface area (Å²) in [6.07, 6.45) is 5.74. The van der Waals surface area contributed by atoms with Gasteiger partial charge in [0.15, 0.2) is 0 Å². The Bertz CT molecular complexity index is 1840. The van der Waals surface area contributed by atoms with Gasteiger partial charge in [-0.25, -0.2) is 14.5 Å². The molecule has 0 spiro atoms. The first-order valence-electron chi connectivity index (χ1n) is 13.3. The third-order valence-electron chi connectivity index (χ3n) is 7.73. The lowest BCUT2D eigenvalue weighted by atomic mass is 9.81. The van der Waals surface area contributed by atoms with E-state index >= 15 is 0 Å². The highest BCUT2D eigenvalue weighted by atomic mass is 35.5. The fourth-order valence-electron chi connectivity index (χ4n) is 5.77. The highest BCUT2D eigenvalue weighted by Crippen LogP contribution is 2.40. The number of carboxylic acids is 1. The topological polar surface area (TPSA) is 102 Å². The maximum atomic E-state index is 13.9. The smallest absolute Gasteiger partial charge is 0.328 e. The van der Waals surface area contributed by atoms with Crippen LogP contribution in [0.1, 0.15) is 45.0 Å². The van der Waals surface area contributed by atoms with E-state index in [1.165, 1.54) is 6.08 Å². The van der Waals surface area contributed by atoms with Crippen LogP contribution < -0.4 is 5.32 Å². The van der Waals surface area contributed by atoms with Crippen molar-refractivity contribution in [1.82, 2.24) is 24.6 Å². The van der Waals surface area contributed by atoms with Gasteiger partial charge in [0.05, 0.1) is 28.4 Å². The maximum Gasteiger partial charge on any atom is 0.328 e. The quantitative estimate of drug-likeness (QED) is 0.251. The molecule has 206 valence electrons. The lowest BCUT2D eigenvalue weighted by Gasteiger charge is -2.40. The van der Waals surface area contributed by atoms with Crippen LogP contribution in [0.2, 0.25) is 5.02 Å². The van der Waals surface area contributed by atoms with Gasteiger partial charge >= 0.3 is 5.97 Å². The molecule has 0 saturated heterocycles. The van der Waals surface area contributed by atoms with Crippen LogP contribution in [-0.2, 0) is 23.3 Å². The van der Waals surface area contributed by atoms with Crippen LogP contribution in [0.15, 0.2) is 79.1 Å². The first kappa shape index (κ1) is 26.5. The Morgan fingerprint density at radius 1 is 1.07 bits per heavy atom. The SMILES string of the molecule is Cc1ccc2c(c1)c(/C=C/C(=O)O)c1n2C[C@@](NC(=O)c2ccc(-n3cnc(C)n3)cc2Cl)(c2ccccc2)CC1. The molecule has 2 N–H and O–H groups in total. The molecule has 0 fully saturated rings. The van der Waals surface area contributed by atoms with E-state index in [1.807, 2.05) is 37.3 Å². The van der Waals surface area contributed by atoms with Gasteiger partial charge in [0, 0.05) is 28.2 Å². The number of nitrogens with zero attached hydrogens (tertiary/aromatic N) is 4. The molecule has 1 aliphatic rings. The molecule has 1 amide bonds. The number of hydrogen-bond donors (Lipinski definition) is 2. The number of hydrogen-bond acceptors (Lipinski definition) is 4. The van der Waals surface area contributed by atoms with Crippen LogP contribution in [0, 0.1) is 13.8 Å². The predicted octanol–water partition coefficient (Wildman–Crippen LogP) is 5.86. The number of aliphatic carboxylic acids is 1. The van der Waals surface area contributed by atoms with Crippen LogP contribution >= 0.6 is 11.6 Å². The number of rotatable bonds is 6. The van der Waals surface area contributed by atoms with E-state index in [9.17, 15) is 14.7 Å². The van der Waals surface area contributed by atoms with E-state index < -0.39 is 11.5 Å². The fourth-order valence-corrected chi connectivity index (χ4v) is 6.03. The number of aromatic nitrogens is 4. The van der Waals surface area contributed by atoms with Crippen LogP contribution in [0.4, 0.5) is 0 Å². The predicted molar refractivity (Wildman–Crippen MR) is 158 cm³/mol. The third-order valence-corrected chi connectivity index (χ3v) is 8.04. The third kappa shape index (κ3) is 4.91. The van der Waals surface area contributed by atoms with Crippen molar-refractivity contribution in [2.45, 2.75) is 38.8 Å².